The van der Waals surface area contributed by atoms with E-state index in [4.69, 9.17) is 16.3 Å². The van der Waals surface area contributed by atoms with Crippen LogP contribution >= 0.6 is 11.6 Å². The molecule has 0 spiro atoms. The predicted molar refractivity (Wildman–Crippen MR) is 143 cm³/mol. The Morgan fingerprint density at radius 1 is 0.946 bits per heavy atom. The minimum atomic E-state index is -0.828. The second-order valence-electron chi connectivity index (χ2n) is 9.40. The zero-order valence-electron chi connectivity index (χ0n) is 20.7. The molecule has 1 aliphatic rings. The van der Waals surface area contributed by atoms with Gasteiger partial charge in [-0.1, -0.05) is 79.4 Å². The molecule has 37 heavy (non-hydrogen) atoms. The third-order valence-electron chi connectivity index (χ3n) is 6.70. The van der Waals surface area contributed by atoms with Gasteiger partial charge in [0.15, 0.2) is 6.61 Å². The number of carbonyl (C=O) groups is 2. The lowest BCUT2D eigenvalue weighted by molar-refractivity contribution is -0.143. The Morgan fingerprint density at radius 3 is 2.32 bits per heavy atom. The highest BCUT2D eigenvalue weighted by atomic mass is 35.5. The molecule has 0 heterocycles. The maximum atomic E-state index is 14.7. The van der Waals surface area contributed by atoms with Crippen molar-refractivity contribution >= 4 is 23.4 Å². The van der Waals surface area contributed by atoms with E-state index >= 15 is 0 Å². The summed E-state index contributed by atoms with van der Waals surface area (Å²) < 4.78 is 20.4. The molecule has 1 N–H and O–H groups in total. The fourth-order valence-electron chi connectivity index (χ4n) is 4.67. The smallest absolute Gasteiger partial charge is 0.261 e. The summed E-state index contributed by atoms with van der Waals surface area (Å²) in [4.78, 5) is 28.7. The first kappa shape index (κ1) is 26.7. The van der Waals surface area contributed by atoms with E-state index < -0.39 is 17.8 Å². The number of hydrogen-bond acceptors (Lipinski definition) is 3. The normalized spacial score (nSPS) is 14.5. The number of nitrogens with zero attached hydrogens (tertiary/aromatic N) is 1. The van der Waals surface area contributed by atoms with E-state index in [9.17, 15) is 14.0 Å². The van der Waals surface area contributed by atoms with Crippen LogP contribution in [-0.4, -0.2) is 35.4 Å². The van der Waals surface area contributed by atoms with Crippen LogP contribution in [0.3, 0.4) is 0 Å². The molecule has 0 unspecified atom stereocenters. The quantitative estimate of drug-likeness (QED) is 0.358. The van der Waals surface area contributed by atoms with Crippen LogP contribution in [-0.2, 0) is 22.6 Å². The van der Waals surface area contributed by atoms with Gasteiger partial charge in [-0.2, -0.15) is 0 Å². The fraction of sp³-hybridized carbons (Fsp3) is 0.333. The molecule has 1 fully saturated rings. The van der Waals surface area contributed by atoms with Gasteiger partial charge in [-0.3, -0.25) is 9.59 Å². The number of amides is 2. The molecule has 1 atom stereocenters. The van der Waals surface area contributed by atoms with E-state index in [2.05, 4.69) is 5.32 Å². The van der Waals surface area contributed by atoms with Crippen molar-refractivity contribution in [3.05, 3.63) is 101 Å². The summed E-state index contributed by atoms with van der Waals surface area (Å²) in [5.74, 6) is -0.579. The molecular weight excluding hydrogens is 491 g/mol. The Bertz CT molecular complexity index is 1170. The van der Waals surface area contributed by atoms with Gasteiger partial charge < -0.3 is 15.0 Å². The number of hydrogen-bond donors (Lipinski definition) is 1. The molecule has 0 radical (unpaired) electrons. The van der Waals surface area contributed by atoms with Crippen LogP contribution in [0.15, 0.2) is 78.9 Å². The van der Waals surface area contributed by atoms with Gasteiger partial charge >= 0.3 is 0 Å². The van der Waals surface area contributed by atoms with E-state index in [1.807, 2.05) is 30.3 Å². The molecule has 2 amide bonds. The van der Waals surface area contributed by atoms with Crippen molar-refractivity contribution in [1.82, 2.24) is 10.2 Å². The zero-order chi connectivity index (χ0) is 26.0. The molecular formula is C30H32ClFN2O3. The Kier molecular flexibility index (Phi) is 9.55. The average molecular weight is 523 g/mol. The fourth-order valence-corrected chi connectivity index (χ4v) is 4.79. The summed E-state index contributed by atoms with van der Waals surface area (Å²) in [7, 11) is 0. The SMILES string of the molecule is O=C(NC1CCCCC1)[C@@H](Cc1ccccc1)N(Cc1ccccc1F)C(=O)COc1ccc(Cl)cc1. The largest absolute Gasteiger partial charge is 0.484 e. The summed E-state index contributed by atoms with van der Waals surface area (Å²) in [6.45, 7) is -0.344. The van der Waals surface area contributed by atoms with Gasteiger partial charge in [0.2, 0.25) is 5.91 Å². The summed E-state index contributed by atoms with van der Waals surface area (Å²) in [6.07, 6.45) is 5.46. The van der Waals surface area contributed by atoms with E-state index in [1.54, 1.807) is 42.5 Å². The van der Waals surface area contributed by atoms with E-state index in [0.717, 1.165) is 31.2 Å². The van der Waals surface area contributed by atoms with Crippen molar-refractivity contribution in [2.24, 2.45) is 0 Å². The summed E-state index contributed by atoms with van der Waals surface area (Å²) >= 11 is 5.95. The van der Waals surface area contributed by atoms with E-state index in [-0.39, 0.29) is 25.1 Å². The second-order valence-corrected chi connectivity index (χ2v) is 9.84. The van der Waals surface area contributed by atoms with Gasteiger partial charge in [0.25, 0.3) is 5.91 Å². The Labute approximate surface area is 222 Å². The van der Waals surface area contributed by atoms with Crippen LogP contribution in [0, 0.1) is 5.82 Å². The summed E-state index contributed by atoms with van der Waals surface area (Å²) in [5, 5.41) is 3.73. The van der Waals surface area contributed by atoms with Gasteiger partial charge in [-0.15, -0.1) is 0 Å². The number of ether oxygens (including phenoxy) is 1. The molecule has 0 saturated heterocycles. The molecule has 0 bridgehead atoms. The molecule has 7 heteroatoms. The molecule has 1 saturated carbocycles. The van der Waals surface area contributed by atoms with Crippen LogP contribution in [0.4, 0.5) is 4.39 Å². The third kappa shape index (κ3) is 7.80. The molecule has 0 aromatic heterocycles. The standard InChI is InChI=1S/C30H32ClFN2O3/c31-24-15-17-26(18-16-24)37-21-29(35)34(20-23-11-7-8-14-27(23)32)28(19-22-9-3-1-4-10-22)30(36)33-25-12-5-2-6-13-25/h1,3-4,7-11,14-18,25,28H,2,5-6,12-13,19-21H2,(H,33,36)/t28-/m1/s1. The van der Waals surface area contributed by atoms with Crippen molar-refractivity contribution in [3.63, 3.8) is 0 Å². The molecule has 4 rings (SSSR count). The summed E-state index contributed by atoms with van der Waals surface area (Å²) in [5.41, 5.74) is 1.25. The van der Waals surface area contributed by atoms with Crippen LogP contribution < -0.4 is 10.1 Å². The van der Waals surface area contributed by atoms with Crippen molar-refractivity contribution in [2.75, 3.05) is 6.61 Å². The first-order valence-electron chi connectivity index (χ1n) is 12.7. The van der Waals surface area contributed by atoms with Gasteiger partial charge in [-0.05, 0) is 48.7 Å². The zero-order valence-corrected chi connectivity index (χ0v) is 21.5. The van der Waals surface area contributed by atoms with Crippen molar-refractivity contribution < 1.29 is 18.7 Å². The maximum Gasteiger partial charge on any atom is 0.261 e. The van der Waals surface area contributed by atoms with Crippen molar-refractivity contribution in [1.29, 1.82) is 0 Å². The maximum absolute atomic E-state index is 14.7. The predicted octanol–water partition coefficient (Wildman–Crippen LogP) is 5.95. The number of halogens is 2. The molecule has 3 aromatic rings. The third-order valence-corrected chi connectivity index (χ3v) is 6.95. The number of rotatable bonds is 10. The van der Waals surface area contributed by atoms with E-state index in [1.165, 1.54) is 17.4 Å². The minimum Gasteiger partial charge on any atom is -0.484 e. The van der Waals surface area contributed by atoms with Crippen LogP contribution in [0.2, 0.25) is 5.02 Å². The lowest BCUT2D eigenvalue weighted by atomic mass is 9.94. The van der Waals surface area contributed by atoms with Crippen molar-refractivity contribution in [3.8, 4) is 5.75 Å². The topological polar surface area (TPSA) is 58.6 Å². The Morgan fingerprint density at radius 2 is 1.62 bits per heavy atom. The minimum absolute atomic E-state index is 0.0505. The second kappa shape index (κ2) is 13.2. The van der Waals surface area contributed by atoms with Crippen LogP contribution in [0.5, 0.6) is 5.75 Å². The van der Waals surface area contributed by atoms with E-state index in [0.29, 0.717) is 22.8 Å². The highest BCUT2D eigenvalue weighted by Gasteiger charge is 2.32. The summed E-state index contributed by atoms with van der Waals surface area (Å²) in [6, 6.07) is 21.8. The molecule has 194 valence electrons. The van der Waals surface area contributed by atoms with Gasteiger partial charge in [0.1, 0.15) is 17.6 Å². The molecule has 1 aliphatic carbocycles. The highest BCUT2D eigenvalue weighted by Crippen LogP contribution is 2.21. The first-order valence-corrected chi connectivity index (χ1v) is 13.1. The number of nitrogens with one attached hydrogen (secondary N) is 1. The Balaban J connectivity index is 1.61. The van der Waals surface area contributed by atoms with Gasteiger partial charge in [0, 0.05) is 29.6 Å². The molecule has 3 aromatic carbocycles. The highest BCUT2D eigenvalue weighted by molar-refractivity contribution is 6.30. The van der Waals surface area contributed by atoms with Gasteiger partial charge in [0.05, 0.1) is 0 Å². The van der Waals surface area contributed by atoms with Crippen LogP contribution in [0.25, 0.3) is 0 Å². The number of carbonyl (C=O) groups excluding carboxylic acids is 2. The molecule has 0 aliphatic heterocycles. The Hall–Kier alpha value is -3.38. The van der Waals surface area contributed by atoms with Gasteiger partial charge in [-0.25, -0.2) is 4.39 Å². The molecule has 5 nitrogen and oxygen atoms in total. The lowest BCUT2D eigenvalue weighted by Gasteiger charge is -2.33. The lowest BCUT2D eigenvalue weighted by Crippen LogP contribution is -2.53. The number of benzene rings is 3. The average Bonchev–Trinajstić information content (AvgIpc) is 2.92. The first-order chi connectivity index (χ1) is 18.0. The van der Waals surface area contributed by atoms with Crippen LogP contribution in [0.1, 0.15) is 43.2 Å². The van der Waals surface area contributed by atoms with Crippen molar-refractivity contribution in [2.45, 2.75) is 57.2 Å². The monoisotopic (exact) mass is 522 g/mol.